The maximum Gasteiger partial charge on any atom is 0.126 e. The first-order valence-electron chi connectivity index (χ1n) is 3.74. The number of hydrogen-bond donors (Lipinski definition) is 1. The van der Waals surface area contributed by atoms with Gasteiger partial charge in [0.2, 0.25) is 0 Å². The third-order valence-electron chi connectivity index (χ3n) is 2.09. The fourth-order valence-corrected chi connectivity index (χ4v) is 1.50. The van der Waals surface area contributed by atoms with E-state index in [0.29, 0.717) is 25.9 Å². The van der Waals surface area contributed by atoms with E-state index in [1.807, 2.05) is 11.9 Å². The van der Waals surface area contributed by atoms with E-state index in [-0.39, 0.29) is 0 Å². The summed E-state index contributed by atoms with van der Waals surface area (Å²) in [7, 11) is 1.94. The molecule has 1 fully saturated rings. The number of halogens is 1. The molecule has 3 heteroatoms. The van der Waals surface area contributed by atoms with Gasteiger partial charge in [0.15, 0.2) is 0 Å². The van der Waals surface area contributed by atoms with E-state index in [4.69, 9.17) is 5.73 Å². The lowest BCUT2D eigenvalue weighted by molar-refractivity contribution is 0.163. The van der Waals surface area contributed by atoms with Crippen LogP contribution in [0.5, 0.6) is 0 Å². The molecule has 0 aromatic heterocycles. The zero-order valence-electron chi connectivity index (χ0n) is 6.44. The third-order valence-corrected chi connectivity index (χ3v) is 2.09. The van der Waals surface area contributed by atoms with Gasteiger partial charge in [-0.2, -0.15) is 0 Å². The summed E-state index contributed by atoms with van der Waals surface area (Å²) in [5, 5.41) is 0. The Morgan fingerprint density at radius 3 is 2.80 bits per heavy atom. The molecule has 0 saturated carbocycles. The minimum absolute atomic E-state index is 0.463. The summed E-state index contributed by atoms with van der Waals surface area (Å²) >= 11 is 0. The molecule has 1 rings (SSSR count). The highest BCUT2D eigenvalue weighted by molar-refractivity contribution is 4.89. The Morgan fingerprint density at radius 1 is 1.70 bits per heavy atom. The van der Waals surface area contributed by atoms with Crippen molar-refractivity contribution in [1.82, 2.24) is 4.90 Å². The highest BCUT2D eigenvalue weighted by Crippen LogP contribution is 2.27. The Bertz CT molecular complexity index is 114. The number of likely N-dealkylation sites (tertiary alicyclic amines) is 1. The van der Waals surface area contributed by atoms with Crippen LogP contribution in [0.3, 0.4) is 0 Å². The maximum absolute atomic E-state index is 13.4. The molecule has 60 valence electrons. The summed E-state index contributed by atoms with van der Waals surface area (Å²) in [5.41, 5.74) is 4.30. The first-order chi connectivity index (χ1) is 4.66. The SMILES string of the molecule is CN1CCC(F)(CCN)C1. The number of nitrogens with two attached hydrogens (primary N) is 1. The molecule has 0 amide bonds. The van der Waals surface area contributed by atoms with Gasteiger partial charge >= 0.3 is 0 Å². The molecule has 0 aliphatic carbocycles. The van der Waals surface area contributed by atoms with Crippen LogP contribution in [0.1, 0.15) is 12.8 Å². The highest BCUT2D eigenvalue weighted by Gasteiger charge is 2.35. The summed E-state index contributed by atoms with van der Waals surface area (Å²) in [6.45, 7) is 1.89. The van der Waals surface area contributed by atoms with Gasteiger partial charge in [0.25, 0.3) is 0 Å². The fourth-order valence-electron chi connectivity index (χ4n) is 1.50. The Hall–Kier alpha value is -0.150. The van der Waals surface area contributed by atoms with Crippen molar-refractivity contribution in [3.8, 4) is 0 Å². The molecular weight excluding hydrogens is 131 g/mol. The normalized spacial score (nSPS) is 35.1. The van der Waals surface area contributed by atoms with Crippen LogP contribution in [0.2, 0.25) is 0 Å². The Kier molecular flexibility index (Phi) is 2.26. The van der Waals surface area contributed by atoms with Crippen LogP contribution in [-0.2, 0) is 0 Å². The van der Waals surface area contributed by atoms with E-state index in [2.05, 4.69) is 0 Å². The first-order valence-corrected chi connectivity index (χ1v) is 3.74. The first kappa shape index (κ1) is 7.95. The van der Waals surface area contributed by atoms with Crippen molar-refractivity contribution in [1.29, 1.82) is 0 Å². The van der Waals surface area contributed by atoms with Crippen molar-refractivity contribution >= 4 is 0 Å². The molecule has 10 heavy (non-hydrogen) atoms. The average molecular weight is 146 g/mol. The van der Waals surface area contributed by atoms with E-state index < -0.39 is 5.67 Å². The molecule has 1 unspecified atom stereocenters. The summed E-state index contributed by atoms with van der Waals surface area (Å²) < 4.78 is 13.4. The van der Waals surface area contributed by atoms with Gasteiger partial charge in [0.05, 0.1) is 0 Å². The van der Waals surface area contributed by atoms with Gasteiger partial charge in [0, 0.05) is 13.1 Å². The second kappa shape index (κ2) is 2.84. The monoisotopic (exact) mass is 146 g/mol. The van der Waals surface area contributed by atoms with Crippen molar-refractivity contribution < 1.29 is 4.39 Å². The molecule has 0 radical (unpaired) electrons. The minimum atomic E-state index is -0.983. The molecule has 0 aromatic carbocycles. The Balaban J connectivity index is 2.38. The van der Waals surface area contributed by atoms with Gasteiger partial charge < -0.3 is 10.6 Å². The molecule has 1 saturated heterocycles. The molecule has 0 spiro atoms. The predicted octanol–water partition coefficient (Wildman–Crippen LogP) is 0.379. The quantitative estimate of drug-likeness (QED) is 0.610. The van der Waals surface area contributed by atoms with Gasteiger partial charge in [-0.05, 0) is 26.4 Å². The molecule has 1 atom stereocenters. The molecule has 0 bridgehead atoms. The molecule has 0 aromatic rings. The lowest BCUT2D eigenvalue weighted by Gasteiger charge is -2.17. The second-order valence-electron chi connectivity index (χ2n) is 3.18. The Labute approximate surface area is 61.2 Å². The van der Waals surface area contributed by atoms with Gasteiger partial charge in [0.1, 0.15) is 5.67 Å². The van der Waals surface area contributed by atoms with Gasteiger partial charge in [-0.1, -0.05) is 0 Å². The fraction of sp³-hybridized carbons (Fsp3) is 1.00. The van der Waals surface area contributed by atoms with Gasteiger partial charge in [-0.3, -0.25) is 0 Å². The standard InChI is InChI=1S/C7H15FN2/c1-10-5-3-7(8,6-10)2-4-9/h2-6,9H2,1H3. The maximum atomic E-state index is 13.4. The predicted molar refractivity (Wildman–Crippen MR) is 39.6 cm³/mol. The molecule has 1 heterocycles. The topological polar surface area (TPSA) is 29.3 Å². The summed E-state index contributed by atoms with van der Waals surface area (Å²) in [5.74, 6) is 0. The molecule has 1 aliphatic heterocycles. The van der Waals surface area contributed by atoms with Crippen molar-refractivity contribution in [3.05, 3.63) is 0 Å². The molecule has 2 N–H and O–H groups in total. The van der Waals surface area contributed by atoms with E-state index in [1.165, 1.54) is 0 Å². The summed E-state index contributed by atoms with van der Waals surface area (Å²) in [6, 6.07) is 0. The number of rotatable bonds is 2. The molecule has 1 aliphatic rings. The number of nitrogens with zero attached hydrogens (tertiary/aromatic N) is 1. The third kappa shape index (κ3) is 1.67. The lowest BCUT2D eigenvalue weighted by atomic mass is 10.0. The van der Waals surface area contributed by atoms with Crippen molar-refractivity contribution in [2.75, 3.05) is 26.7 Å². The van der Waals surface area contributed by atoms with E-state index >= 15 is 0 Å². The zero-order valence-corrected chi connectivity index (χ0v) is 6.44. The highest BCUT2D eigenvalue weighted by atomic mass is 19.1. The number of hydrogen-bond acceptors (Lipinski definition) is 2. The lowest BCUT2D eigenvalue weighted by Crippen LogP contribution is -2.29. The van der Waals surface area contributed by atoms with E-state index in [1.54, 1.807) is 0 Å². The van der Waals surface area contributed by atoms with Crippen LogP contribution < -0.4 is 5.73 Å². The van der Waals surface area contributed by atoms with E-state index in [0.717, 1.165) is 6.54 Å². The van der Waals surface area contributed by atoms with Crippen molar-refractivity contribution in [2.45, 2.75) is 18.5 Å². The van der Waals surface area contributed by atoms with Crippen LogP contribution in [-0.4, -0.2) is 37.3 Å². The van der Waals surface area contributed by atoms with Crippen molar-refractivity contribution in [2.24, 2.45) is 5.73 Å². The van der Waals surface area contributed by atoms with Crippen LogP contribution >= 0.6 is 0 Å². The summed E-state index contributed by atoms with van der Waals surface area (Å²) in [4.78, 5) is 2.01. The van der Waals surface area contributed by atoms with Crippen LogP contribution in [0.4, 0.5) is 4.39 Å². The molecule has 2 nitrogen and oxygen atoms in total. The molecular formula is C7H15FN2. The number of alkyl halides is 1. The van der Waals surface area contributed by atoms with Crippen molar-refractivity contribution in [3.63, 3.8) is 0 Å². The summed E-state index contributed by atoms with van der Waals surface area (Å²) in [6.07, 6.45) is 1.16. The second-order valence-corrected chi connectivity index (χ2v) is 3.18. The smallest absolute Gasteiger partial charge is 0.126 e. The van der Waals surface area contributed by atoms with Crippen LogP contribution in [0, 0.1) is 0 Å². The van der Waals surface area contributed by atoms with Gasteiger partial charge in [-0.15, -0.1) is 0 Å². The van der Waals surface area contributed by atoms with Gasteiger partial charge in [-0.25, -0.2) is 4.39 Å². The van der Waals surface area contributed by atoms with Crippen LogP contribution in [0.25, 0.3) is 0 Å². The average Bonchev–Trinajstić information content (AvgIpc) is 2.12. The van der Waals surface area contributed by atoms with Crippen LogP contribution in [0.15, 0.2) is 0 Å². The zero-order chi connectivity index (χ0) is 7.61. The Morgan fingerprint density at radius 2 is 2.40 bits per heavy atom. The van der Waals surface area contributed by atoms with E-state index in [9.17, 15) is 4.39 Å². The minimum Gasteiger partial charge on any atom is -0.330 e. The largest absolute Gasteiger partial charge is 0.330 e.